The van der Waals surface area contributed by atoms with Crippen LogP contribution in [0.4, 0.5) is 5.69 Å². The van der Waals surface area contributed by atoms with Crippen molar-refractivity contribution in [1.82, 2.24) is 0 Å². The molecular formula is C22H21NOS2. The van der Waals surface area contributed by atoms with E-state index in [1.165, 1.54) is 16.0 Å². The second kappa shape index (κ2) is 10.1. The first-order valence-corrected chi connectivity index (χ1v) is 10.6. The number of benzene rings is 3. The van der Waals surface area contributed by atoms with Crippen molar-refractivity contribution in [3.8, 4) is 0 Å². The molecule has 2 nitrogen and oxygen atoms in total. The van der Waals surface area contributed by atoms with Crippen LogP contribution in [0.5, 0.6) is 0 Å². The first-order valence-electron chi connectivity index (χ1n) is 8.48. The molecule has 1 N–H and O–H groups in total. The Hall–Kier alpha value is -2.17. The van der Waals surface area contributed by atoms with Crippen molar-refractivity contribution >= 4 is 35.1 Å². The zero-order chi connectivity index (χ0) is 18.0. The minimum atomic E-state index is 0.0392. The Morgan fingerprint density at radius 1 is 0.731 bits per heavy atom. The molecule has 4 heteroatoms. The van der Waals surface area contributed by atoms with Gasteiger partial charge in [0.15, 0.2) is 0 Å². The Kier molecular flexibility index (Phi) is 7.23. The molecule has 0 aliphatic carbocycles. The maximum Gasteiger partial charge on any atom is 0.234 e. The third kappa shape index (κ3) is 6.28. The van der Waals surface area contributed by atoms with Crippen LogP contribution in [-0.2, 0) is 16.3 Å². The smallest absolute Gasteiger partial charge is 0.234 e. The van der Waals surface area contributed by atoms with Crippen LogP contribution in [0, 0.1) is 0 Å². The lowest BCUT2D eigenvalue weighted by Crippen LogP contribution is -2.14. The quantitative estimate of drug-likeness (QED) is 0.498. The lowest BCUT2D eigenvalue weighted by Gasteiger charge is -2.07. The maximum absolute atomic E-state index is 12.1. The third-order valence-corrected chi connectivity index (χ3v) is 5.82. The third-order valence-electron chi connectivity index (χ3n) is 3.73. The van der Waals surface area contributed by atoms with E-state index in [-0.39, 0.29) is 5.91 Å². The molecule has 0 bridgehead atoms. The van der Waals surface area contributed by atoms with E-state index in [0.29, 0.717) is 5.75 Å². The van der Waals surface area contributed by atoms with E-state index in [1.54, 1.807) is 11.8 Å². The molecule has 0 saturated heterocycles. The summed E-state index contributed by atoms with van der Waals surface area (Å²) in [5.41, 5.74) is 3.34. The first kappa shape index (κ1) is 18.6. The Morgan fingerprint density at radius 2 is 1.35 bits per heavy atom. The van der Waals surface area contributed by atoms with Crippen molar-refractivity contribution in [3.63, 3.8) is 0 Å². The number of hydrogen-bond donors (Lipinski definition) is 1. The molecule has 0 spiro atoms. The highest BCUT2D eigenvalue weighted by Gasteiger charge is 2.04. The summed E-state index contributed by atoms with van der Waals surface area (Å²) >= 11 is 3.44. The number of anilines is 1. The van der Waals surface area contributed by atoms with Crippen molar-refractivity contribution in [2.45, 2.75) is 16.4 Å². The van der Waals surface area contributed by atoms with E-state index >= 15 is 0 Å². The summed E-state index contributed by atoms with van der Waals surface area (Å²) < 4.78 is 0. The molecule has 0 atom stereocenters. The second-order valence-corrected chi connectivity index (χ2v) is 7.86. The molecule has 3 aromatic rings. The Balaban J connectivity index is 1.41. The molecule has 0 radical (unpaired) electrons. The molecule has 1 amide bonds. The van der Waals surface area contributed by atoms with E-state index in [4.69, 9.17) is 0 Å². The van der Waals surface area contributed by atoms with Gasteiger partial charge in [-0.3, -0.25) is 4.79 Å². The van der Waals surface area contributed by atoms with E-state index < -0.39 is 0 Å². The number of thioether (sulfide) groups is 2. The second-order valence-electron chi connectivity index (χ2n) is 5.83. The lowest BCUT2D eigenvalue weighted by atomic mass is 10.2. The highest BCUT2D eigenvalue weighted by molar-refractivity contribution is 7.99. The molecule has 132 valence electrons. The molecule has 0 saturated carbocycles. The highest BCUT2D eigenvalue weighted by Crippen LogP contribution is 2.23. The molecule has 0 unspecified atom stereocenters. The lowest BCUT2D eigenvalue weighted by molar-refractivity contribution is -0.113. The summed E-state index contributed by atoms with van der Waals surface area (Å²) in [7, 11) is 0. The zero-order valence-corrected chi connectivity index (χ0v) is 16.1. The topological polar surface area (TPSA) is 29.1 Å². The molecule has 0 fully saturated rings. The van der Waals surface area contributed by atoms with Gasteiger partial charge in [-0.2, -0.15) is 0 Å². The number of amides is 1. The van der Waals surface area contributed by atoms with Crippen LogP contribution in [0.1, 0.15) is 11.1 Å². The summed E-state index contributed by atoms with van der Waals surface area (Å²) in [5.74, 6) is 2.27. The fourth-order valence-corrected chi connectivity index (χ4v) is 4.06. The van der Waals surface area contributed by atoms with Crippen molar-refractivity contribution in [2.75, 3.05) is 11.1 Å². The molecule has 0 aliphatic rings. The van der Waals surface area contributed by atoms with E-state index in [0.717, 1.165) is 17.2 Å². The number of carbonyl (C=O) groups excluding carboxylic acids is 1. The van der Waals surface area contributed by atoms with Crippen LogP contribution in [0.2, 0.25) is 0 Å². The minimum absolute atomic E-state index is 0.0392. The van der Waals surface area contributed by atoms with Gasteiger partial charge in [-0.25, -0.2) is 0 Å². The van der Waals surface area contributed by atoms with Crippen LogP contribution < -0.4 is 5.32 Å². The van der Waals surface area contributed by atoms with Gasteiger partial charge < -0.3 is 5.32 Å². The van der Waals surface area contributed by atoms with Gasteiger partial charge in [0.05, 0.1) is 5.75 Å². The SMILES string of the molecule is O=C(CSCc1ccccc1)Nc1ccc(CSc2ccccc2)cc1. The Labute approximate surface area is 163 Å². The van der Waals surface area contributed by atoms with Gasteiger partial charge in [0, 0.05) is 22.1 Å². The van der Waals surface area contributed by atoms with Crippen LogP contribution in [-0.4, -0.2) is 11.7 Å². The normalized spacial score (nSPS) is 10.5. The first-order chi connectivity index (χ1) is 12.8. The summed E-state index contributed by atoms with van der Waals surface area (Å²) in [5, 5.41) is 2.96. The van der Waals surface area contributed by atoms with Crippen LogP contribution in [0.15, 0.2) is 89.8 Å². The number of hydrogen-bond acceptors (Lipinski definition) is 3. The predicted octanol–water partition coefficient (Wildman–Crippen LogP) is 5.85. The molecule has 0 aromatic heterocycles. The van der Waals surface area contributed by atoms with Crippen molar-refractivity contribution in [2.24, 2.45) is 0 Å². The Morgan fingerprint density at radius 3 is 2.04 bits per heavy atom. The fourth-order valence-electron chi connectivity index (χ4n) is 2.40. The summed E-state index contributed by atoms with van der Waals surface area (Å²) in [6.45, 7) is 0. The molecular weight excluding hydrogens is 358 g/mol. The average molecular weight is 380 g/mol. The van der Waals surface area contributed by atoms with Gasteiger partial charge in [0.2, 0.25) is 5.91 Å². The Bertz CT molecular complexity index is 805. The number of carbonyl (C=O) groups is 1. The van der Waals surface area contributed by atoms with Crippen molar-refractivity contribution in [3.05, 3.63) is 96.1 Å². The monoisotopic (exact) mass is 379 g/mol. The zero-order valence-electron chi connectivity index (χ0n) is 14.4. The van der Waals surface area contributed by atoms with Gasteiger partial charge in [0.1, 0.15) is 0 Å². The van der Waals surface area contributed by atoms with Gasteiger partial charge in [-0.05, 0) is 35.4 Å². The highest BCUT2D eigenvalue weighted by atomic mass is 32.2. The number of nitrogens with one attached hydrogen (secondary N) is 1. The van der Waals surface area contributed by atoms with Gasteiger partial charge >= 0.3 is 0 Å². The fraction of sp³-hybridized carbons (Fsp3) is 0.136. The summed E-state index contributed by atoms with van der Waals surface area (Å²) in [6, 6.07) is 28.7. The van der Waals surface area contributed by atoms with E-state index in [2.05, 4.69) is 53.8 Å². The van der Waals surface area contributed by atoms with Crippen LogP contribution in [0.3, 0.4) is 0 Å². The number of rotatable bonds is 8. The molecule has 3 aromatic carbocycles. The molecule has 0 aliphatic heterocycles. The van der Waals surface area contributed by atoms with Crippen LogP contribution in [0.25, 0.3) is 0 Å². The summed E-state index contributed by atoms with van der Waals surface area (Å²) in [6.07, 6.45) is 0. The summed E-state index contributed by atoms with van der Waals surface area (Å²) in [4.78, 5) is 13.3. The van der Waals surface area contributed by atoms with Crippen molar-refractivity contribution in [1.29, 1.82) is 0 Å². The van der Waals surface area contributed by atoms with Crippen molar-refractivity contribution < 1.29 is 4.79 Å². The maximum atomic E-state index is 12.1. The van der Waals surface area contributed by atoms with E-state index in [9.17, 15) is 4.79 Å². The van der Waals surface area contributed by atoms with Gasteiger partial charge in [-0.15, -0.1) is 23.5 Å². The molecule has 26 heavy (non-hydrogen) atoms. The largest absolute Gasteiger partial charge is 0.325 e. The standard InChI is InChI=1S/C22H21NOS2/c24-22(17-25-15-18-7-3-1-4-8-18)23-20-13-11-19(12-14-20)16-26-21-9-5-2-6-10-21/h1-14H,15-17H2,(H,23,24). The predicted molar refractivity (Wildman–Crippen MR) is 114 cm³/mol. The molecule has 3 rings (SSSR count). The molecule has 0 heterocycles. The van der Waals surface area contributed by atoms with Crippen LogP contribution >= 0.6 is 23.5 Å². The minimum Gasteiger partial charge on any atom is -0.325 e. The van der Waals surface area contributed by atoms with Gasteiger partial charge in [-0.1, -0.05) is 60.7 Å². The van der Waals surface area contributed by atoms with E-state index in [1.807, 2.05) is 48.2 Å². The van der Waals surface area contributed by atoms with Gasteiger partial charge in [0.25, 0.3) is 0 Å². The average Bonchev–Trinajstić information content (AvgIpc) is 2.69.